The van der Waals surface area contributed by atoms with E-state index < -0.39 is 0 Å². The summed E-state index contributed by atoms with van der Waals surface area (Å²) in [5, 5.41) is 0. The number of likely N-dealkylation sites (tertiary alicyclic amines) is 1. The number of hydrogen-bond acceptors (Lipinski definition) is 4. The van der Waals surface area contributed by atoms with Crippen LogP contribution in [0.25, 0.3) is 0 Å². The van der Waals surface area contributed by atoms with Crippen molar-refractivity contribution in [1.29, 1.82) is 0 Å². The highest BCUT2D eigenvalue weighted by Crippen LogP contribution is 2.19. The minimum atomic E-state index is -0.178. The maximum Gasteiger partial charge on any atom is 0.310 e. The first-order valence-electron chi connectivity index (χ1n) is 7.54. The monoisotopic (exact) mass is 290 g/mol. The van der Waals surface area contributed by atoms with Gasteiger partial charge in [-0.2, -0.15) is 0 Å². The highest BCUT2D eigenvalue weighted by molar-refractivity contribution is 5.78. The van der Waals surface area contributed by atoms with E-state index in [1.54, 1.807) is 24.2 Å². The van der Waals surface area contributed by atoms with Crippen molar-refractivity contribution >= 4 is 11.9 Å². The molecule has 0 N–H and O–H groups in total. The topological polar surface area (TPSA) is 59.5 Å². The molecule has 0 aliphatic carbocycles. The molecule has 5 nitrogen and oxygen atoms in total. The van der Waals surface area contributed by atoms with Gasteiger partial charge in [0.15, 0.2) is 0 Å². The first-order valence-corrected chi connectivity index (χ1v) is 7.54. The van der Waals surface area contributed by atoms with Crippen LogP contribution in [0.3, 0.4) is 0 Å². The average molecular weight is 290 g/mol. The number of pyridine rings is 1. The van der Waals surface area contributed by atoms with E-state index in [1.807, 2.05) is 12.1 Å². The van der Waals surface area contributed by atoms with Gasteiger partial charge in [0.25, 0.3) is 0 Å². The maximum absolute atomic E-state index is 12.3. The van der Waals surface area contributed by atoms with Crippen molar-refractivity contribution in [3.8, 4) is 0 Å². The molecular formula is C16H22N2O3. The van der Waals surface area contributed by atoms with Crippen LogP contribution in [0, 0.1) is 5.92 Å². The SMILES string of the molecule is CCOC(=O)[C@H]1CCCN(C(=O)CCc2cccnc2)C1. The fourth-order valence-corrected chi connectivity index (χ4v) is 2.61. The Morgan fingerprint density at radius 1 is 1.48 bits per heavy atom. The predicted octanol–water partition coefficient (Wildman–Crippen LogP) is 1.82. The van der Waals surface area contributed by atoms with Crippen LogP contribution in [0.2, 0.25) is 0 Å². The Morgan fingerprint density at radius 2 is 2.33 bits per heavy atom. The molecule has 0 bridgehead atoms. The van der Waals surface area contributed by atoms with Crippen LogP contribution >= 0.6 is 0 Å². The van der Waals surface area contributed by atoms with Crippen LogP contribution in [0.15, 0.2) is 24.5 Å². The Hall–Kier alpha value is -1.91. The van der Waals surface area contributed by atoms with Crippen LogP contribution in [0.1, 0.15) is 31.7 Å². The summed E-state index contributed by atoms with van der Waals surface area (Å²) in [4.78, 5) is 29.9. The third kappa shape index (κ3) is 4.55. The second-order valence-electron chi connectivity index (χ2n) is 5.29. The highest BCUT2D eigenvalue weighted by Gasteiger charge is 2.28. The Labute approximate surface area is 125 Å². The van der Waals surface area contributed by atoms with Gasteiger partial charge < -0.3 is 9.64 Å². The van der Waals surface area contributed by atoms with E-state index in [-0.39, 0.29) is 17.8 Å². The summed E-state index contributed by atoms with van der Waals surface area (Å²) in [6.45, 7) is 3.42. The lowest BCUT2D eigenvalue weighted by Crippen LogP contribution is -2.42. The molecule has 114 valence electrons. The van der Waals surface area contributed by atoms with E-state index in [2.05, 4.69) is 4.98 Å². The van der Waals surface area contributed by atoms with Crippen molar-refractivity contribution in [2.45, 2.75) is 32.6 Å². The van der Waals surface area contributed by atoms with Crippen molar-refractivity contribution in [2.24, 2.45) is 5.92 Å². The molecule has 0 saturated carbocycles. The molecule has 1 aliphatic rings. The first-order chi connectivity index (χ1) is 10.2. The van der Waals surface area contributed by atoms with E-state index in [9.17, 15) is 9.59 Å². The second-order valence-corrected chi connectivity index (χ2v) is 5.29. The molecule has 21 heavy (non-hydrogen) atoms. The van der Waals surface area contributed by atoms with E-state index in [1.165, 1.54) is 0 Å². The average Bonchev–Trinajstić information content (AvgIpc) is 2.54. The van der Waals surface area contributed by atoms with Gasteiger partial charge in [0, 0.05) is 31.9 Å². The molecule has 2 heterocycles. The van der Waals surface area contributed by atoms with E-state index in [4.69, 9.17) is 4.74 Å². The number of rotatable bonds is 5. The third-order valence-electron chi connectivity index (χ3n) is 3.74. The quantitative estimate of drug-likeness (QED) is 0.776. The molecule has 1 aromatic heterocycles. The van der Waals surface area contributed by atoms with Gasteiger partial charge in [-0.3, -0.25) is 14.6 Å². The number of piperidine rings is 1. The zero-order valence-corrected chi connectivity index (χ0v) is 12.5. The molecule has 0 aromatic carbocycles. The number of ether oxygens (including phenoxy) is 1. The summed E-state index contributed by atoms with van der Waals surface area (Å²) in [5.74, 6) is -0.240. The highest BCUT2D eigenvalue weighted by atomic mass is 16.5. The van der Waals surface area contributed by atoms with E-state index in [0.29, 0.717) is 26.0 Å². The van der Waals surface area contributed by atoms with Gasteiger partial charge in [0.05, 0.1) is 12.5 Å². The van der Waals surface area contributed by atoms with Gasteiger partial charge in [-0.05, 0) is 37.8 Å². The lowest BCUT2D eigenvalue weighted by Gasteiger charge is -2.31. The number of hydrogen-bond donors (Lipinski definition) is 0. The van der Waals surface area contributed by atoms with Crippen molar-refractivity contribution in [3.63, 3.8) is 0 Å². The Balaban J connectivity index is 1.83. The summed E-state index contributed by atoms with van der Waals surface area (Å²) in [7, 11) is 0. The van der Waals surface area contributed by atoms with Gasteiger partial charge in [-0.15, -0.1) is 0 Å². The predicted molar refractivity (Wildman–Crippen MR) is 78.5 cm³/mol. The number of aromatic nitrogens is 1. The minimum absolute atomic E-state index is 0.104. The molecule has 1 amide bonds. The second kappa shape index (κ2) is 7.76. The summed E-state index contributed by atoms with van der Waals surface area (Å²) in [6.07, 6.45) is 6.33. The van der Waals surface area contributed by atoms with Crippen molar-refractivity contribution in [1.82, 2.24) is 9.88 Å². The van der Waals surface area contributed by atoms with Crippen LogP contribution < -0.4 is 0 Å². The smallest absolute Gasteiger partial charge is 0.310 e. The molecular weight excluding hydrogens is 268 g/mol. The van der Waals surface area contributed by atoms with Gasteiger partial charge in [0.1, 0.15) is 0 Å². The van der Waals surface area contributed by atoms with Crippen LogP contribution in [0.5, 0.6) is 0 Å². The first kappa shape index (κ1) is 15.5. The Bertz CT molecular complexity index is 476. The van der Waals surface area contributed by atoms with Crippen LogP contribution in [-0.2, 0) is 20.7 Å². The lowest BCUT2D eigenvalue weighted by atomic mass is 9.97. The summed E-state index contributed by atoms with van der Waals surface area (Å²) in [5.41, 5.74) is 1.06. The molecule has 0 unspecified atom stereocenters. The Kier molecular flexibility index (Phi) is 5.72. The fourth-order valence-electron chi connectivity index (χ4n) is 2.61. The zero-order chi connectivity index (χ0) is 15.1. The van der Waals surface area contributed by atoms with Crippen LogP contribution in [0.4, 0.5) is 0 Å². The molecule has 1 atom stereocenters. The molecule has 1 aliphatic heterocycles. The maximum atomic E-state index is 12.3. The lowest BCUT2D eigenvalue weighted by molar-refractivity contribution is -0.151. The van der Waals surface area contributed by atoms with Crippen molar-refractivity contribution in [3.05, 3.63) is 30.1 Å². The fraction of sp³-hybridized carbons (Fsp3) is 0.562. The number of nitrogens with zero attached hydrogens (tertiary/aromatic N) is 2. The Morgan fingerprint density at radius 3 is 3.05 bits per heavy atom. The zero-order valence-electron chi connectivity index (χ0n) is 12.5. The normalized spacial score (nSPS) is 18.3. The largest absolute Gasteiger partial charge is 0.466 e. The number of amides is 1. The molecule has 1 aromatic rings. The minimum Gasteiger partial charge on any atom is -0.466 e. The number of carbonyl (C=O) groups excluding carboxylic acids is 2. The molecule has 1 fully saturated rings. The molecule has 2 rings (SSSR count). The molecule has 0 radical (unpaired) electrons. The molecule has 5 heteroatoms. The van der Waals surface area contributed by atoms with Gasteiger partial charge in [-0.1, -0.05) is 6.07 Å². The number of aryl methyl sites for hydroxylation is 1. The standard InChI is InChI=1S/C16H22N2O3/c1-2-21-16(20)14-6-4-10-18(12-14)15(19)8-7-13-5-3-9-17-11-13/h3,5,9,11,14H,2,4,6-8,10,12H2,1H3/t14-/m0/s1. The molecule has 0 spiro atoms. The van der Waals surface area contributed by atoms with Crippen molar-refractivity contribution in [2.75, 3.05) is 19.7 Å². The van der Waals surface area contributed by atoms with Gasteiger partial charge >= 0.3 is 5.97 Å². The van der Waals surface area contributed by atoms with Gasteiger partial charge in [-0.25, -0.2) is 0 Å². The summed E-state index contributed by atoms with van der Waals surface area (Å²) in [6, 6.07) is 3.84. The summed E-state index contributed by atoms with van der Waals surface area (Å²) < 4.78 is 5.05. The van der Waals surface area contributed by atoms with Crippen LogP contribution in [-0.4, -0.2) is 41.5 Å². The van der Waals surface area contributed by atoms with E-state index >= 15 is 0 Å². The van der Waals surface area contributed by atoms with Gasteiger partial charge in [0.2, 0.25) is 5.91 Å². The summed E-state index contributed by atoms with van der Waals surface area (Å²) >= 11 is 0. The third-order valence-corrected chi connectivity index (χ3v) is 3.74. The number of esters is 1. The van der Waals surface area contributed by atoms with E-state index in [0.717, 1.165) is 24.9 Å². The van der Waals surface area contributed by atoms with Crippen molar-refractivity contribution < 1.29 is 14.3 Å². The molecule has 1 saturated heterocycles. The number of carbonyl (C=O) groups is 2.